The van der Waals surface area contributed by atoms with Crippen LogP contribution in [0.15, 0.2) is 24.3 Å². The van der Waals surface area contributed by atoms with Gasteiger partial charge < -0.3 is 9.47 Å². The maximum atomic E-state index is 14.8. The predicted molar refractivity (Wildman–Crippen MR) is 206 cm³/mol. The van der Waals surface area contributed by atoms with Crippen LogP contribution in [-0.4, -0.2) is 101 Å². The summed E-state index contributed by atoms with van der Waals surface area (Å²) in [6, 6.07) is 0. The number of hydrogen-bond donors (Lipinski definition) is 1. The van der Waals surface area contributed by atoms with Gasteiger partial charge in [0, 0.05) is 23.7 Å². The zero-order valence-electron chi connectivity index (χ0n) is 35.0. The molecule has 12 unspecified atom stereocenters. The van der Waals surface area contributed by atoms with Gasteiger partial charge in [-0.15, -0.1) is 9.35 Å². The number of ketones is 2. The summed E-state index contributed by atoms with van der Waals surface area (Å²) < 4.78 is 128. The molecule has 4 amide bonds. The van der Waals surface area contributed by atoms with Gasteiger partial charge in [-0.1, -0.05) is 28.2 Å². The minimum atomic E-state index is -6.37. The molecule has 2 aliphatic heterocycles. The van der Waals surface area contributed by atoms with Crippen LogP contribution in [0.2, 0.25) is 0 Å². The molecular weight excluding hydrogens is 948 g/mol. The third-order valence-corrected chi connectivity index (χ3v) is 18.6. The predicted octanol–water partition coefficient (Wildman–Crippen LogP) is 3.09. The molecule has 25 heteroatoms. The Hall–Kier alpha value is -4.49. The first-order valence-electron chi connectivity index (χ1n) is 22.2. The standard InChI is InChI=1S/C21H21F2NO8S.C12H13F3O5S.C9H9NO3/c22-21(23,19(28)31-20-6-9-3-12(7-20)16(25)13(4-9)8-20)33(29,30)32-24-17(26)14-10-1-2-11(5-10)15(14)18(24)27;13-12(14,21(15,18)19)10(17)20-11-3-6-1-7(4-11)9(16)8(2-6)5-11;11-8-6-4-1-2-5(3-4)7(6)9(12)10(8)13/h1-2,9-15H,3-8H2;6-8H,1-5H2;1-2,4-7,13H,3H2. The summed E-state index contributed by atoms with van der Waals surface area (Å²) in [5.74, 6) is -11.2. The van der Waals surface area contributed by atoms with E-state index in [9.17, 15) is 76.6 Å². The third-order valence-electron chi connectivity index (χ3n) is 16.6. The summed E-state index contributed by atoms with van der Waals surface area (Å²) in [5, 5.41) is -1.04. The average molecular weight is 991 g/mol. The molecule has 0 spiro atoms. The number of fused-ring (bicyclic) bond motifs is 10. The lowest BCUT2D eigenvalue weighted by atomic mass is 9.53. The molecule has 67 heavy (non-hydrogen) atoms. The molecule has 1 N–H and O–H groups in total. The van der Waals surface area contributed by atoms with Crippen LogP contribution in [0.3, 0.4) is 0 Å². The fourth-order valence-electron chi connectivity index (χ4n) is 14.3. The number of esters is 2. The number of nitrogens with zero attached hydrogens (tertiary/aromatic N) is 2. The maximum Gasteiger partial charge on any atom is 0.470 e. The van der Waals surface area contributed by atoms with E-state index >= 15 is 0 Å². The fraction of sp³-hybridized carbons (Fsp3) is 0.714. The van der Waals surface area contributed by atoms with E-state index in [1.807, 2.05) is 12.2 Å². The quantitative estimate of drug-likeness (QED) is 0.0915. The third kappa shape index (κ3) is 6.99. The average Bonchev–Trinajstić information content (AvgIpc) is 4.11. The molecule has 12 bridgehead atoms. The highest BCUT2D eigenvalue weighted by atomic mass is 32.3. The highest BCUT2D eigenvalue weighted by Gasteiger charge is 2.67. The van der Waals surface area contributed by atoms with Crippen LogP contribution in [0.1, 0.15) is 77.0 Å². The van der Waals surface area contributed by atoms with Crippen molar-refractivity contribution in [2.75, 3.05) is 0 Å². The van der Waals surface area contributed by atoms with Gasteiger partial charge in [-0.2, -0.15) is 39.5 Å². The van der Waals surface area contributed by atoms with Crippen molar-refractivity contribution >= 4 is 67.5 Å². The molecule has 12 fully saturated rings. The van der Waals surface area contributed by atoms with Crippen LogP contribution in [0.25, 0.3) is 0 Å². The van der Waals surface area contributed by atoms with Crippen LogP contribution in [0, 0.1) is 82.9 Å². The zero-order chi connectivity index (χ0) is 48.3. The summed E-state index contributed by atoms with van der Waals surface area (Å²) in [6.45, 7) is 0. The largest absolute Gasteiger partial charge is 0.470 e. The van der Waals surface area contributed by atoms with Crippen molar-refractivity contribution in [1.29, 1.82) is 0 Å². The Kier molecular flexibility index (Phi) is 10.4. The smallest absolute Gasteiger partial charge is 0.454 e. The zero-order valence-corrected chi connectivity index (χ0v) is 36.7. The Morgan fingerprint density at radius 1 is 0.552 bits per heavy atom. The Labute approximate surface area is 378 Å². The number of allylic oxidation sites excluding steroid dienone is 4. The highest BCUT2D eigenvalue weighted by molar-refractivity contribution is 7.88. The highest BCUT2D eigenvalue weighted by Crippen LogP contribution is 2.58. The SMILES string of the molecule is O=C1C2C3C=CC(C3)C2C(=O)N1O.O=C1C2CC3CC1CC(OC(=O)C(F)(F)S(=O)(=O)F)(C3)C2.O=C1C2CC3CC1CC(OC(=O)C(F)(F)S(=O)(=O)ON1C(=O)C4C5C=CC(C5)C4C1=O)(C3)C2. The van der Waals surface area contributed by atoms with Gasteiger partial charge >= 0.3 is 42.8 Å². The number of alkyl halides is 4. The van der Waals surface area contributed by atoms with Gasteiger partial charge in [-0.05, 0) is 113 Å². The number of hydroxylamine groups is 4. The van der Waals surface area contributed by atoms with Crippen LogP contribution in [-0.2, 0) is 72.5 Å². The number of halogens is 5. The summed E-state index contributed by atoms with van der Waals surface area (Å²) in [4.78, 5) is 96.0. The number of ether oxygens (including phenoxy) is 2. The lowest BCUT2D eigenvalue weighted by molar-refractivity contribution is -0.203. The van der Waals surface area contributed by atoms with Gasteiger partial charge in [-0.25, -0.2) is 9.59 Å². The molecule has 14 aliphatic rings. The fourth-order valence-corrected chi connectivity index (χ4v) is 15.2. The molecule has 2 heterocycles. The number of rotatable bonds is 8. The number of Topliss-reactive ketones (excluding diaryl/α,β-unsaturated/α-hetero) is 2. The second-order valence-electron chi connectivity index (χ2n) is 20.6. The molecular formula is C42H43F5N2O16S2. The first-order chi connectivity index (χ1) is 31.2. The summed E-state index contributed by atoms with van der Waals surface area (Å²) in [5.41, 5.74) is -2.57. The van der Waals surface area contributed by atoms with E-state index in [2.05, 4.69) is 4.28 Å². The van der Waals surface area contributed by atoms with Gasteiger partial charge in [0.1, 0.15) is 22.8 Å². The Bertz CT molecular complexity index is 2510. The lowest BCUT2D eigenvalue weighted by Gasteiger charge is -2.54. The van der Waals surface area contributed by atoms with E-state index in [1.165, 1.54) is 0 Å². The molecule has 0 aromatic heterocycles. The number of carbonyl (C=O) groups excluding carboxylic acids is 8. The van der Waals surface area contributed by atoms with Crippen molar-refractivity contribution in [1.82, 2.24) is 10.1 Å². The minimum absolute atomic E-state index is 0.0420. The first-order valence-corrected chi connectivity index (χ1v) is 24.9. The molecule has 0 aromatic rings. The van der Waals surface area contributed by atoms with Crippen LogP contribution in [0.5, 0.6) is 0 Å². The minimum Gasteiger partial charge on any atom is -0.454 e. The first kappa shape index (κ1) is 46.2. The number of carbonyl (C=O) groups is 8. The van der Waals surface area contributed by atoms with E-state index in [0.29, 0.717) is 43.6 Å². The Morgan fingerprint density at radius 2 is 0.881 bits per heavy atom. The molecule has 18 nitrogen and oxygen atoms in total. The van der Waals surface area contributed by atoms with Crippen LogP contribution >= 0.6 is 0 Å². The number of hydrogen-bond acceptors (Lipinski definition) is 16. The summed E-state index contributed by atoms with van der Waals surface area (Å²) in [7, 11) is -12.4. The van der Waals surface area contributed by atoms with Gasteiger partial charge in [0.25, 0.3) is 23.6 Å². The van der Waals surface area contributed by atoms with E-state index in [-0.39, 0.29) is 120 Å². The molecule has 10 saturated carbocycles. The Morgan fingerprint density at radius 3 is 1.22 bits per heavy atom. The van der Waals surface area contributed by atoms with E-state index in [4.69, 9.17) is 14.7 Å². The van der Waals surface area contributed by atoms with Gasteiger partial charge in [0.05, 0.1) is 23.7 Å². The molecule has 12 aliphatic carbocycles. The maximum absolute atomic E-state index is 14.8. The van der Waals surface area contributed by atoms with E-state index in [0.717, 1.165) is 6.42 Å². The molecule has 364 valence electrons. The van der Waals surface area contributed by atoms with Crippen molar-refractivity contribution in [3.8, 4) is 0 Å². The summed E-state index contributed by atoms with van der Waals surface area (Å²) >= 11 is 0. The molecule has 12 atom stereocenters. The lowest BCUT2D eigenvalue weighted by Crippen LogP contribution is -2.58. The molecule has 0 aromatic carbocycles. The number of amides is 4. The molecule has 2 saturated heterocycles. The second kappa shape index (κ2) is 15.0. The molecule has 0 radical (unpaired) electrons. The van der Waals surface area contributed by atoms with Crippen molar-refractivity contribution in [3.63, 3.8) is 0 Å². The van der Waals surface area contributed by atoms with Crippen molar-refractivity contribution in [2.24, 2.45) is 82.9 Å². The normalized spacial score (nSPS) is 42.3. The van der Waals surface area contributed by atoms with Gasteiger partial charge in [-0.3, -0.25) is 34.0 Å². The van der Waals surface area contributed by atoms with Gasteiger partial charge in [0.15, 0.2) is 0 Å². The summed E-state index contributed by atoms with van der Waals surface area (Å²) in [6.07, 6.45) is 12.5. The van der Waals surface area contributed by atoms with Crippen molar-refractivity contribution < 1.29 is 95.6 Å². The van der Waals surface area contributed by atoms with Crippen LogP contribution < -0.4 is 0 Å². The monoisotopic (exact) mass is 990 g/mol. The van der Waals surface area contributed by atoms with Crippen molar-refractivity contribution in [2.45, 2.75) is 98.8 Å². The number of imide groups is 2. The van der Waals surface area contributed by atoms with E-state index in [1.54, 1.807) is 12.2 Å². The Balaban J connectivity index is 0.000000131. The second-order valence-corrected chi connectivity index (χ2v) is 23.6. The van der Waals surface area contributed by atoms with Crippen molar-refractivity contribution in [3.05, 3.63) is 24.3 Å². The van der Waals surface area contributed by atoms with E-state index < -0.39 is 89.5 Å². The topological polar surface area (TPSA) is 259 Å². The van der Waals surface area contributed by atoms with Crippen LogP contribution in [0.4, 0.5) is 21.4 Å². The molecule has 14 rings (SSSR count). The van der Waals surface area contributed by atoms with Gasteiger partial charge in [0.2, 0.25) is 0 Å².